The van der Waals surface area contributed by atoms with Crippen LogP contribution in [-0.2, 0) is 13.1 Å². The van der Waals surface area contributed by atoms with E-state index < -0.39 is 0 Å². The maximum absolute atomic E-state index is 13.0. The van der Waals surface area contributed by atoms with Crippen molar-refractivity contribution in [1.82, 2.24) is 19.6 Å². The monoisotopic (exact) mass is 388 g/mol. The average Bonchev–Trinajstić information content (AvgIpc) is 3.23. The van der Waals surface area contributed by atoms with E-state index in [9.17, 15) is 4.79 Å². The molecule has 0 N–H and O–H groups in total. The number of likely N-dealkylation sites (N-methyl/N-ethyl adjacent to an activating group) is 1. The summed E-state index contributed by atoms with van der Waals surface area (Å²) >= 11 is 0. The predicted molar refractivity (Wildman–Crippen MR) is 115 cm³/mol. The number of carbonyl (C=O) groups excluding carboxylic acids is 1. The van der Waals surface area contributed by atoms with Crippen LogP contribution in [0.15, 0.2) is 73.1 Å². The second kappa shape index (κ2) is 9.05. The van der Waals surface area contributed by atoms with Gasteiger partial charge in [0.25, 0.3) is 5.91 Å². The van der Waals surface area contributed by atoms with Crippen LogP contribution >= 0.6 is 0 Å². The Morgan fingerprint density at radius 2 is 1.76 bits per heavy atom. The number of piperidine rings is 1. The lowest BCUT2D eigenvalue weighted by atomic mass is 10.0. The van der Waals surface area contributed by atoms with E-state index in [1.807, 2.05) is 40.0 Å². The molecule has 3 aromatic rings. The standard InChI is InChI=1S/C24H28N4O/c1-26(16-20-9-4-2-5-10-20)23-13-8-14-27(19-23)24(29)22-15-25-28(18-22)17-21-11-6-3-7-12-21/h2-7,9-12,15,18,23H,8,13-14,16-17,19H2,1H3. The van der Waals surface area contributed by atoms with Crippen LogP contribution in [0.3, 0.4) is 0 Å². The molecule has 5 nitrogen and oxygen atoms in total. The number of likely N-dealkylation sites (tertiary alicyclic amines) is 1. The summed E-state index contributed by atoms with van der Waals surface area (Å²) in [5.74, 6) is 0.0853. The first-order valence-electron chi connectivity index (χ1n) is 10.3. The molecule has 29 heavy (non-hydrogen) atoms. The number of amides is 1. The molecule has 150 valence electrons. The first-order chi connectivity index (χ1) is 14.2. The largest absolute Gasteiger partial charge is 0.337 e. The second-order valence-electron chi connectivity index (χ2n) is 7.86. The third-order valence-electron chi connectivity index (χ3n) is 5.65. The van der Waals surface area contributed by atoms with Crippen LogP contribution in [0.4, 0.5) is 0 Å². The van der Waals surface area contributed by atoms with Gasteiger partial charge in [-0.25, -0.2) is 0 Å². The van der Waals surface area contributed by atoms with Gasteiger partial charge in [0, 0.05) is 31.9 Å². The molecule has 0 radical (unpaired) electrons. The molecule has 2 aromatic carbocycles. The van der Waals surface area contributed by atoms with Crippen molar-refractivity contribution in [2.75, 3.05) is 20.1 Å². The van der Waals surface area contributed by atoms with E-state index in [-0.39, 0.29) is 5.91 Å². The smallest absolute Gasteiger partial charge is 0.257 e. The first kappa shape index (κ1) is 19.4. The van der Waals surface area contributed by atoms with Gasteiger partial charge >= 0.3 is 0 Å². The Hall–Kier alpha value is -2.92. The van der Waals surface area contributed by atoms with Crippen molar-refractivity contribution in [3.05, 3.63) is 89.7 Å². The summed E-state index contributed by atoms with van der Waals surface area (Å²) in [7, 11) is 2.16. The third-order valence-corrected chi connectivity index (χ3v) is 5.65. The Labute approximate surface area is 172 Å². The van der Waals surface area contributed by atoms with Crippen LogP contribution in [0.1, 0.15) is 34.3 Å². The van der Waals surface area contributed by atoms with Gasteiger partial charge in [-0.3, -0.25) is 14.4 Å². The highest BCUT2D eigenvalue weighted by atomic mass is 16.2. The summed E-state index contributed by atoms with van der Waals surface area (Å²) in [6, 6.07) is 21.1. The van der Waals surface area contributed by atoms with Crippen molar-refractivity contribution in [3.8, 4) is 0 Å². The van der Waals surface area contributed by atoms with Crippen molar-refractivity contribution in [2.24, 2.45) is 0 Å². The summed E-state index contributed by atoms with van der Waals surface area (Å²) in [5, 5.41) is 4.40. The number of carbonyl (C=O) groups is 1. The summed E-state index contributed by atoms with van der Waals surface area (Å²) in [6.45, 7) is 3.17. The van der Waals surface area contributed by atoms with E-state index in [0.717, 1.165) is 32.5 Å². The fourth-order valence-corrected chi connectivity index (χ4v) is 4.01. The molecule has 0 aliphatic carbocycles. The Morgan fingerprint density at radius 1 is 1.07 bits per heavy atom. The van der Waals surface area contributed by atoms with E-state index in [2.05, 4.69) is 53.4 Å². The molecule has 1 unspecified atom stereocenters. The predicted octanol–water partition coefficient (Wildman–Crippen LogP) is 3.67. The van der Waals surface area contributed by atoms with Gasteiger partial charge in [-0.1, -0.05) is 60.7 Å². The van der Waals surface area contributed by atoms with E-state index in [0.29, 0.717) is 18.2 Å². The van der Waals surface area contributed by atoms with Crippen LogP contribution in [0, 0.1) is 0 Å². The normalized spacial score (nSPS) is 16.9. The minimum atomic E-state index is 0.0853. The number of hydrogen-bond acceptors (Lipinski definition) is 3. The Kier molecular flexibility index (Phi) is 6.06. The highest BCUT2D eigenvalue weighted by molar-refractivity contribution is 5.93. The van der Waals surface area contributed by atoms with Gasteiger partial charge in [0.1, 0.15) is 0 Å². The third kappa shape index (κ3) is 4.93. The quantitative estimate of drug-likeness (QED) is 0.647. The summed E-state index contributed by atoms with van der Waals surface area (Å²) in [5.41, 5.74) is 3.16. The van der Waals surface area contributed by atoms with Gasteiger partial charge < -0.3 is 4.90 Å². The maximum Gasteiger partial charge on any atom is 0.257 e. The lowest BCUT2D eigenvalue weighted by Crippen LogP contribution is -2.48. The molecule has 5 heteroatoms. The van der Waals surface area contributed by atoms with Gasteiger partial charge in [0.05, 0.1) is 18.3 Å². The molecule has 1 aromatic heterocycles. The molecule has 0 spiro atoms. The van der Waals surface area contributed by atoms with Crippen LogP contribution < -0.4 is 0 Å². The van der Waals surface area contributed by atoms with Crippen LogP contribution in [0.2, 0.25) is 0 Å². The minimum Gasteiger partial charge on any atom is -0.337 e. The zero-order chi connectivity index (χ0) is 20.1. The van der Waals surface area contributed by atoms with Gasteiger partial charge in [-0.2, -0.15) is 5.10 Å². The second-order valence-corrected chi connectivity index (χ2v) is 7.86. The highest BCUT2D eigenvalue weighted by Crippen LogP contribution is 2.19. The van der Waals surface area contributed by atoms with Gasteiger partial charge in [0.15, 0.2) is 0 Å². The average molecular weight is 389 g/mol. The van der Waals surface area contributed by atoms with Crippen LogP contribution in [0.5, 0.6) is 0 Å². The fraction of sp³-hybridized carbons (Fsp3) is 0.333. The zero-order valence-corrected chi connectivity index (χ0v) is 16.9. The molecule has 1 aliphatic rings. The minimum absolute atomic E-state index is 0.0853. The van der Waals surface area contributed by atoms with Gasteiger partial charge in [-0.15, -0.1) is 0 Å². The van der Waals surface area contributed by atoms with Crippen LogP contribution in [-0.4, -0.2) is 51.7 Å². The van der Waals surface area contributed by atoms with Crippen molar-refractivity contribution < 1.29 is 4.79 Å². The van der Waals surface area contributed by atoms with Gasteiger partial charge in [-0.05, 0) is 31.0 Å². The highest BCUT2D eigenvalue weighted by Gasteiger charge is 2.27. The van der Waals surface area contributed by atoms with E-state index in [1.165, 1.54) is 11.1 Å². The lowest BCUT2D eigenvalue weighted by Gasteiger charge is -2.37. The molecule has 1 amide bonds. The zero-order valence-electron chi connectivity index (χ0n) is 16.9. The number of benzene rings is 2. The van der Waals surface area contributed by atoms with Crippen molar-refractivity contribution in [3.63, 3.8) is 0 Å². The SMILES string of the molecule is CN(Cc1ccccc1)C1CCCN(C(=O)c2cnn(Cc3ccccc3)c2)C1. The molecule has 2 heterocycles. The molecule has 4 rings (SSSR count). The molecule has 1 atom stereocenters. The molecule has 0 bridgehead atoms. The Balaban J connectivity index is 1.37. The summed E-state index contributed by atoms with van der Waals surface area (Å²) in [6.07, 6.45) is 5.73. The summed E-state index contributed by atoms with van der Waals surface area (Å²) in [4.78, 5) is 17.4. The topological polar surface area (TPSA) is 41.4 Å². The van der Waals surface area contributed by atoms with E-state index in [1.54, 1.807) is 6.20 Å². The molecule has 1 fully saturated rings. The fourth-order valence-electron chi connectivity index (χ4n) is 4.01. The molecule has 1 aliphatic heterocycles. The molecular formula is C24H28N4O. The maximum atomic E-state index is 13.0. The van der Waals surface area contributed by atoms with Crippen LogP contribution in [0.25, 0.3) is 0 Å². The molecule has 1 saturated heterocycles. The lowest BCUT2D eigenvalue weighted by molar-refractivity contribution is 0.0602. The number of aromatic nitrogens is 2. The number of hydrogen-bond donors (Lipinski definition) is 0. The Morgan fingerprint density at radius 3 is 2.48 bits per heavy atom. The number of nitrogens with zero attached hydrogens (tertiary/aromatic N) is 4. The molecular weight excluding hydrogens is 360 g/mol. The van der Waals surface area contributed by atoms with Gasteiger partial charge in [0.2, 0.25) is 0 Å². The molecule has 0 saturated carbocycles. The first-order valence-corrected chi connectivity index (χ1v) is 10.3. The number of rotatable bonds is 6. The summed E-state index contributed by atoms with van der Waals surface area (Å²) < 4.78 is 1.84. The van der Waals surface area contributed by atoms with Crippen molar-refractivity contribution in [2.45, 2.75) is 32.0 Å². The van der Waals surface area contributed by atoms with Crippen molar-refractivity contribution >= 4 is 5.91 Å². The van der Waals surface area contributed by atoms with Crippen molar-refractivity contribution in [1.29, 1.82) is 0 Å². The van der Waals surface area contributed by atoms with E-state index in [4.69, 9.17) is 0 Å². The Bertz CT molecular complexity index is 922. The van der Waals surface area contributed by atoms with E-state index >= 15 is 0 Å².